The molecule has 0 aromatic carbocycles. The summed E-state index contributed by atoms with van der Waals surface area (Å²) in [6.07, 6.45) is 3.35. The molecule has 0 aromatic heterocycles. The van der Waals surface area contributed by atoms with E-state index in [1.807, 2.05) is 20.8 Å². The molecule has 1 rings (SSSR count). The van der Waals surface area contributed by atoms with Gasteiger partial charge in [-0.3, -0.25) is 9.59 Å². The van der Waals surface area contributed by atoms with Crippen molar-refractivity contribution in [3.8, 4) is 6.07 Å². The van der Waals surface area contributed by atoms with Gasteiger partial charge in [0.15, 0.2) is 0 Å². The molecule has 1 aliphatic heterocycles. The summed E-state index contributed by atoms with van der Waals surface area (Å²) in [5.74, 6) is -0.688. The first-order valence-corrected chi connectivity index (χ1v) is 7.40. The Morgan fingerprint density at radius 3 is 2.70 bits per heavy atom. The third-order valence-electron chi connectivity index (χ3n) is 3.67. The van der Waals surface area contributed by atoms with E-state index in [0.717, 1.165) is 12.8 Å². The van der Waals surface area contributed by atoms with Crippen LogP contribution in [-0.4, -0.2) is 47.8 Å². The molecule has 23 heavy (non-hydrogen) atoms. The van der Waals surface area contributed by atoms with Crippen molar-refractivity contribution in [3.63, 3.8) is 0 Å². The van der Waals surface area contributed by atoms with Crippen LogP contribution in [0.3, 0.4) is 0 Å². The van der Waals surface area contributed by atoms with Crippen LogP contribution in [0.5, 0.6) is 0 Å². The molecule has 0 radical (unpaired) electrons. The first-order chi connectivity index (χ1) is 10.3. The fraction of sp³-hybridized carbons (Fsp3) is 0.733. The van der Waals surface area contributed by atoms with Gasteiger partial charge in [0.1, 0.15) is 6.04 Å². The topological polar surface area (TPSA) is 102 Å². The average molecular weight is 564 g/mol. The smallest absolute Gasteiger partial charge is 0.240 e. The standard InChI is InChI=1S/C15H23N4O3.Fm/c1-15(2,3)19(13(21)9-17-10-20)12(8-16)7-11-5-4-6-18-14(11)22;/h11-12H,4-7,9H2,1-3H3,(H,17,20)(H,18,22);/q-1;. The maximum atomic E-state index is 12.3. The zero-order valence-corrected chi connectivity index (χ0v) is 16.0. The summed E-state index contributed by atoms with van der Waals surface area (Å²) in [7, 11) is 0. The van der Waals surface area contributed by atoms with Gasteiger partial charge in [0, 0.05) is 18.0 Å². The minimum Gasteiger partial charge on any atom is -0.522 e. The Hall–Kier alpha value is -3.10. The van der Waals surface area contributed by atoms with E-state index in [4.69, 9.17) is 0 Å². The summed E-state index contributed by atoms with van der Waals surface area (Å²) < 4.78 is 0. The van der Waals surface area contributed by atoms with Crippen LogP contribution in [0.1, 0.15) is 40.0 Å². The van der Waals surface area contributed by atoms with Crippen LogP contribution < -0.4 is 10.6 Å². The second-order valence-corrected chi connectivity index (χ2v) is 6.40. The van der Waals surface area contributed by atoms with E-state index in [0.29, 0.717) is 13.0 Å². The second-order valence-electron chi connectivity index (χ2n) is 6.40. The van der Waals surface area contributed by atoms with Crippen LogP contribution in [0.4, 0.5) is 0 Å². The maximum absolute atomic E-state index is 12.3. The maximum Gasteiger partial charge on any atom is 0.240 e. The molecule has 1 heterocycles. The zero-order chi connectivity index (χ0) is 16.8. The Kier molecular flexibility index (Phi) is 7.24. The minimum absolute atomic E-state index is 0. The monoisotopic (exact) mass is 564 g/mol. The van der Waals surface area contributed by atoms with Crippen LogP contribution in [0.25, 0.3) is 0 Å². The molecular weight excluding hydrogens is 541 g/mol. The molecule has 2 unspecified atom stereocenters. The van der Waals surface area contributed by atoms with E-state index in [1.165, 1.54) is 11.3 Å². The normalized spacial score (nSPS) is 18.7. The van der Waals surface area contributed by atoms with E-state index in [-0.39, 0.29) is 24.3 Å². The van der Waals surface area contributed by atoms with Gasteiger partial charge in [-0.2, -0.15) is 11.7 Å². The summed E-state index contributed by atoms with van der Waals surface area (Å²) >= 11 is 0. The van der Waals surface area contributed by atoms with E-state index < -0.39 is 11.6 Å². The van der Waals surface area contributed by atoms with E-state index in [2.05, 4.69) is 16.7 Å². The van der Waals surface area contributed by atoms with Crippen molar-refractivity contribution in [2.24, 2.45) is 5.92 Å². The number of carbonyl (C=O) groups is 2. The molecule has 1 aliphatic rings. The number of hydrogen-bond donors (Lipinski definition) is 2. The number of nitrogens with zero attached hydrogens (tertiary/aromatic N) is 2. The molecule has 0 bridgehead atoms. The largest absolute Gasteiger partial charge is 0.522 e. The van der Waals surface area contributed by atoms with Gasteiger partial charge in [-0.25, -0.2) is 0 Å². The fourth-order valence-corrected chi connectivity index (χ4v) is 2.76. The van der Waals surface area contributed by atoms with Crippen molar-refractivity contribution in [1.82, 2.24) is 15.5 Å². The third kappa shape index (κ3) is 5.30. The third-order valence-corrected chi connectivity index (χ3v) is 3.67. The first-order valence-electron chi connectivity index (χ1n) is 7.40. The quantitative estimate of drug-likeness (QED) is 0.353. The van der Waals surface area contributed by atoms with E-state index in [1.54, 1.807) is 0 Å². The molecule has 0 spiro atoms. The molecule has 0 aliphatic carbocycles. The van der Waals surface area contributed by atoms with Gasteiger partial charge in [0.25, 0.3) is 0 Å². The first kappa shape index (κ1) is 19.9. The van der Waals surface area contributed by atoms with Gasteiger partial charge in [-0.05, 0) is 40.0 Å². The number of hydrogen-bond acceptors (Lipinski definition) is 4. The molecule has 8 heteroatoms. The molecule has 0 saturated carbocycles. The summed E-state index contributed by atoms with van der Waals surface area (Å²) in [6, 6.07) is 1.42. The molecular formula is C15H23FmN4O3-. The molecule has 1 fully saturated rings. The molecule has 0 aromatic rings. The van der Waals surface area contributed by atoms with Crippen molar-refractivity contribution in [3.05, 3.63) is 0 Å². The number of rotatable bonds is 6. The number of nitriles is 1. The van der Waals surface area contributed by atoms with Crippen LogP contribution >= 0.6 is 0 Å². The van der Waals surface area contributed by atoms with Crippen LogP contribution in [0.15, 0.2) is 0 Å². The molecule has 2 N–H and O–H groups in total. The van der Waals surface area contributed by atoms with Gasteiger partial charge in [-0.1, -0.05) is 0 Å². The SMILES string of the molecule is CC(C)(C)N(C(=O)CN[C-]=O)C(C#N)CC1CCCNC1=O.[Fm]. The predicted octanol–water partition coefficient (Wildman–Crippen LogP) is 0.0788. The number of amides is 3. The minimum atomic E-state index is -0.713. The summed E-state index contributed by atoms with van der Waals surface area (Å²) in [4.78, 5) is 35.9. The van der Waals surface area contributed by atoms with Crippen molar-refractivity contribution < 1.29 is 14.4 Å². The number of piperidine rings is 1. The number of nitrogens with one attached hydrogen (secondary N) is 2. The average Bonchev–Trinajstić information content (AvgIpc) is 2.45. The zero-order valence-electron chi connectivity index (χ0n) is 13.6. The molecule has 7 nitrogen and oxygen atoms in total. The predicted molar refractivity (Wildman–Crippen MR) is 80.0 cm³/mol. The Morgan fingerprint density at radius 2 is 2.22 bits per heavy atom. The molecule has 1 saturated heterocycles. The van der Waals surface area contributed by atoms with Crippen LogP contribution in [0, 0.1) is 17.2 Å². The van der Waals surface area contributed by atoms with Gasteiger partial charge in [0.05, 0.1) is 12.6 Å². The van der Waals surface area contributed by atoms with Crippen molar-refractivity contribution in [2.45, 2.75) is 51.6 Å². The van der Waals surface area contributed by atoms with Crippen LogP contribution in [0.2, 0.25) is 0 Å². The van der Waals surface area contributed by atoms with Crippen molar-refractivity contribution in [2.75, 3.05) is 13.1 Å². The Bertz CT molecular complexity index is 470. The fourth-order valence-electron chi connectivity index (χ4n) is 2.76. The van der Waals surface area contributed by atoms with Crippen molar-refractivity contribution >= 4 is 18.2 Å². The summed E-state index contributed by atoms with van der Waals surface area (Å²) in [5.41, 5.74) is -0.590. The van der Waals surface area contributed by atoms with E-state index >= 15 is 0 Å². The number of carbonyl (C=O) groups excluding carboxylic acids is 3. The Morgan fingerprint density at radius 1 is 1.57 bits per heavy atom. The molecule has 3 amide bonds. The second kappa shape index (κ2) is 8.37. The summed E-state index contributed by atoms with van der Waals surface area (Å²) in [5, 5.41) is 14.5. The van der Waals surface area contributed by atoms with Crippen molar-refractivity contribution in [1.29, 1.82) is 5.26 Å². The van der Waals surface area contributed by atoms with Gasteiger partial charge in [0.2, 0.25) is 11.8 Å². The molecule has 134 valence electrons. The Balaban J connectivity index is 0.00000484. The summed E-state index contributed by atoms with van der Waals surface area (Å²) in [6.45, 7) is 5.91. The Labute approximate surface area is 131 Å². The van der Waals surface area contributed by atoms with E-state index in [9.17, 15) is 19.6 Å². The van der Waals surface area contributed by atoms with Gasteiger partial charge in [-0.15, -0.1) is 0 Å². The van der Waals surface area contributed by atoms with Crippen LogP contribution in [-0.2, 0) is 14.4 Å². The van der Waals surface area contributed by atoms with Gasteiger partial charge >= 0.3 is 0 Å². The van der Waals surface area contributed by atoms with Gasteiger partial charge < -0.3 is 20.3 Å². The molecule has 2 atom stereocenters.